The average Bonchev–Trinajstić information content (AvgIpc) is 2.33. The fourth-order valence-electron chi connectivity index (χ4n) is 2.50. The molecule has 2 aliphatic rings. The maximum absolute atomic E-state index is 5.44. The first-order valence-corrected chi connectivity index (χ1v) is 5.33. The second-order valence-corrected chi connectivity index (χ2v) is 4.26. The van der Waals surface area contributed by atoms with Crippen molar-refractivity contribution in [2.75, 3.05) is 39.9 Å². The molecule has 13 heavy (non-hydrogen) atoms. The standard InChI is InChI=1S/C10H20N2O/c1-12-7-6-11-5-2-10(12)3-8-13-9-4-10/h11H,2-9H2,1H3. The molecule has 2 heterocycles. The molecule has 0 radical (unpaired) electrons. The molecule has 0 aromatic heterocycles. The molecule has 2 rings (SSSR count). The van der Waals surface area contributed by atoms with Gasteiger partial charge in [0.2, 0.25) is 0 Å². The Morgan fingerprint density at radius 2 is 1.92 bits per heavy atom. The first-order chi connectivity index (χ1) is 6.33. The molecule has 3 nitrogen and oxygen atoms in total. The smallest absolute Gasteiger partial charge is 0.0483 e. The molecule has 0 aromatic rings. The molecular weight excluding hydrogens is 164 g/mol. The van der Waals surface area contributed by atoms with Crippen LogP contribution >= 0.6 is 0 Å². The Morgan fingerprint density at radius 3 is 2.69 bits per heavy atom. The van der Waals surface area contributed by atoms with Crippen LogP contribution in [0.15, 0.2) is 0 Å². The van der Waals surface area contributed by atoms with Gasteiger partial charge in [0.15, 0.2) is 0 Å². The lowest BCUT2D eigenvalue weighted by Crippen LogP contribution is -2.50. The molecule has 1 N–H and O–H groups in total. The predicted octanol–water partition coefficient (Wildman–Crippen LogP) is 0.461. The molecule has 0 atom stereocenters. The maximum Gasteiger partial charge on any atom is 0.0483 e. The molecule has 0 aliphatic carbocycles. The van der Waals surface area contributed by atoms with E-state index in [9.17, 15) is 0 Å². The number of hydrogen-bond acceptors (Lipinski definition) is 3. The van der Waals surface area contributed by atoms with E-state index in [1.165, 1.54) is 32.4 Å². The predicted molar refractivity (Wildman–Crippen MR) is 52.9 cm³/mol. The molecule has 0 amide bonds. The van der Waals surface area contributed by atoms with E-state index in [0.717, 1.165) is 19.8 Å². The monoisotopic (exact) mass is 184 g/mol. The van der Waals surface area contributed by atoms with Gasteiger partial charge in [-0.2, -0.15) is 0 Å². The van der Waals surface area contributed by atoms with Gasteiger partial charge in [-0.3, -0.25) is 4.90 Å². The van der Waals surface area contributed by atoms with Gasteiger partial charge in [-0.1, -0.05) is 0 Å². The van der Waals surface area contributed by atoms with Crippen molar-refractivity contribution in [2.24, 2.45) is 0 Å². The van der Waals surface area contributed by atoms with Crippen LogP contribution in [0.4, 0.5) is 0 Å². The zero-order chi connectivity index (χ0) is 9.15. The summed E-state index contributed by atoms with van der Waals surface area (Å²) in [4.78, 5) is 2.54. The molecule has 1 spiro atoms. The van der Waals surface area contributed by atoms with Crippen LogP contribution in [0.3, 0.4) is 0 Å². The van der Waals surface area contributed by atoms with Crippen LogP contribution in [-0.4, -0.2) is 50.3 Å². The minimum Gasteiger partial charge on any atom is -0.381 e. The van der Waals surface area contributed by atoms with Crippen LogP contribution in [0.25, 0.3) is 0 Å². The Hall–Kier alpha value is -0.120. The second kappa shape index (κ2) is 3.95. The average molecular weight is 184 g/mol. The highest BCUT2D eigenvalue weighted by molar-refractivity contribution is 4.93. The van der Waals surface area contributed by atoms with E-state index in [1.807, 2.05) is 0 Å². The van der Waals surface area contributed by atoms with Gasteiger partial charge in [0.25, 0.3) is 0 Å². The number of ether oxygens (including phenoxy) is 1. The molecule has 0 aromatic carbocycles. The zero-order valence-corrected chi connectivity index (χ0v) is 8.51. The van der Waals surface area contributed by atoms with Crippen LogP contribution in [0.5, 0.6) is 0 Å². The first-order valence-electron chi connectivity index (χ1n) is 5.33. The van der Waals surface area contributed by atoms with Crippen LogP contribution < -0.4 is 5.32 Å². The highest BCUT2D eigenvalue weighted by Crippen LogP contribution is 2.30. The summed E-state index contributed by atoms with van der Waals surface area (Å²) in [5, 5.41) is 3.47. The van der Waals surface area contributed by atoms with Crippen LogP contribution in [0, 0.1) is 0 Å². The number of nitrogens with zero attached hydrogens (tertiary/aromatic N) is 1. The first kappa shape index (κ1) is 9.44. The Kier molecular flexibility index (Phi) is 2.86. The van der Waals surface area contributed by atoms with E-state index in [1.54, 1.807) is 0 Å². The van der Waals surface area contributed by atoms with Crippen LogP contribution in [0.1, 0.15) is 19.3 Å². The van der Waals surface area contributed by atoms with Gasteiger partial charge in [-0.15, -0.1) is 0 Å². The van der Waals surface area contributed by atoms with Gasteiger partial charge in [0.1, 0.15) is 0 Å². The summed E-state index contributed by atoms with van der Waals surface area (Å²) < 4.78 is 5.44. The van der Waals surface area contributed by atoms with Crippen LogP contribution in [-0.2, 0) is 4.74 Å². The van der Waals surface area contributed by atoms with Crippen molar-refractivity contribution in [1.82, 2.24) is 10.2 Å². The molecule has 2 fully saturated rings. The quantitative estimate of drug-likeness (QED) is 0.592. The third-order valence-electron chi connectivity index (χ3n) is 3.62. The van der Waals surface area contributed by atoms with Gasteiger partial charge in [-0.25, -0.2) is 0 Å². The lowest BCUT2D eigenvalue weighted by molar-refractivity contribution is -0.0157. The van der Waals surface area contributed by atoms with Gasteiger partial charge in [0.05, 0.1) is 0 Å². The number of hydrogen-bond donors (Lipinski definition) is 1. The largest absolute Gasteiger partial charge is 0.381 e. The SMILES string of the molecule is CN1CCNCCC12CCOCC2. The Morgan fingerprint density at radius 1 is 1.15 bits per heavy atom. The summed E-state index contributed by atoms with van der Waals surface area (Å²) in [5.41, 5.74) is 0.446. The van der Waals surface area contributed by atoms with Crippen molar-refractivity contribution in [2.45, 2.75) is 24.8 Å². The van der Waals surface area contributed by atoms with Crippen molar-refractivity contribution >= 4 is 0 Å². The highest BCUT2D eigenvalue weighted by atomic mass is 16.5. The van der Waals surface area contributed by atoms with E-state index in [0.29, 0.717) is 5.54 Å². The number of rotatable bonds is 0. The topological polar surface area (TPSA) is 24.5 Å². The van der Waals surface area contributed by atoms with E-state index in [4.69, 9.17) is 4.74 Å². The van der Waals surface area contributed by atoms with Gasteiger partial charge < -0.3 is 10.1 Å². The zero-order valence-electron chi connectivity index (χ0n) is 8.51. The van der Waals surface area contributed by atoms with Crippen molar-refractivity contribution in [3.63, 3.8) is 0 Å². The van der Waals surface area contributed by atoms with Crippen molar-refractivity contribution in [1.29, 1.82) is 0 Å². The summed E-state index contributed by atoms with van der Waals surface area (Å²) in [6, 6.07) is 0. The third-order valence-corrected chi connectivity index (χ3v) is 3.62. The van der Waals surface area contributed by atoms with E-state index in [-0.39, 0.29) is 0 Å². The number of nitrogens with one attached hydrogen (secondary N) is 1. The summed E-state index contributed by atoms with van der Waals surface area (Å²) in [6.07, 6.45) is 3.71. The van der Waals surface area contributed by atoms with Gasteiger partial charge >= 0.3 is 0 Å². The normalized spacial score (nSPS) is 30.2. The fraction of sp³-hybridized carbons (Fsp3) is 1.00. The molecule has 0 saturated carbocycles. The summed E-state index contributed by atoms with van der Waals surface area (Å²) >= 11 is 0. The number of likely N-dealkylation sites (N-methyl/N-ethyl adjacent to an activating group) is 1. The minimum absolute atomic E-state index is 0.446. The summed E-state index contributed by atoms with van der Waals surface area (Å²) in [5.74, 6) is 0. The van der Waals surface area contributed by atoms with Crippen molar-refractivity contribution < 1.29 is 4.74 Å². The Bertz CT molecular complexity index is 166. The van der Waals surface area contributed by atoms with Crippen LogP contribution in [0.2, 0.25) is 0 Å². The Labute approximate surface area is 80.4 Å². The second-order valence-electron chi connectivity index (χ2n) is 4.26. The lowest BCUT2D eigenvalue weighted by Gasteiger charge is -2.43. The van der Waals surface area contributed by atoms with E-state index >= 15 is 0 Å². The molecular formula is C10H20N2O. The third kappa shape index (κ3) is 1.87. The molecule has 2 saturated heterocycles. The molecule has 3 heteroatoms. The fourth-order valence-corrected chi connectivity index (χ4v) is 2.50. The van der Waals surface area contributed by atoms with E-state index in [2.05, 4.69) is 17.3 Å². The van der Waals surface area contributed by atoms with Gasteiger partial charge in [-0.05, 0) is 32.9 Å². The van der Waals surface area contributed by atoms with E-state index < -0.39 is 0 Å². The molecule has 76 valence electrons. The molecule has 0 unspecified atom stereocenters. The highest BCUT2D eigenvalue weighted by Gasteiger charge is 2.36. The van der Waals surface area contributed by atoms with Crippen molar-refractivity contribution in [3.05, 3.63) is 0 Å². The van der Waals surface area contributed by atoms with Gasteiger partial charge in [0, 0.05) is 31.8 Å². The maximum atomic E-state index is 5.44. The van der Waals surface area contributed by atoms with Crippen molar-refractivity contribution in [3.8, 4) is 0 Å². The lowest BCUT2D eigenvalue weighted by atomic mass is 9.85. The Balaban J connectivity index is 2.06. The molecule has 2 aliphatic heterocycles. The molecule has 0 bridgehead atoms. The summed E-state index contributed by atoms with van der Waals surface area (Å²) in [7, 11) is 2.26. The summed E-state index contributed by atoms with van der Waals surface area (Å²) in [6.45, 7) is 5.39. The minimum atomic E-state index is 0.446.